The van der Waals surface area contributed by atoms with Crippen LogP contribution < -0.4 is 10.1 Å². The average molecular weight is 627 g/mol. The minimum absolute atomic E-state index is 0.0532. The summed E-state index contributed by atoms with van der Waals surface area (Å²) in [4.78, 5) is 28.4. The number of nitrogens with one attached hydrogen (secondary N) is 1. The molecule has 0 heterocycles. The molecule has 0 bridgehead atoms. The van der Waals surface area contributed by atoms with Gasteiger partial charge in [-0.3, -0.25) is 9.59 Å². The van der Waals surface area contributed by atoms with Gasteiger partial charge < -0.3 is 25.2 Å². The summed E-state index contributed by atoms with van der Waals surface area (Å²) >= 11 is 2.19. The molecule has 1 aromatic rings. The first kappa shape index (κ1) is 29.9. The maximum atomic E-state index is 13.6. The van der Waals surface area contributed by atoms with Gasteiger partial charge in [-0.15, -0.1) is 0 Å². The van der Waals surface area contributed by atoms with Crippen LogP contribution in [0.2, 0.25) is 0 Å². The van der Waals surface area contributed by atoms with Crippen LogP contribution in [0.1, 0.15) is 77.6 Å². The third-order valence-electron chi connectivity index (χ3n) is 7.53. The largest absolute Gasteiger partial charge is 0.482 e. The fourth-order valence-electron chi connectivity index (χ4n) is 5.42. The number of halogens is 1. The summed E-state index contributed by atoms with van der Waals surface area (Å²) in [6.07, 6.45) is 10.5. The Morgan fingerprint density at radius 3 is 2.62 bits per heavy atom. The Hall–Kier alpha value is -1.65. The van der Waals surface area contributed by atoms with Crippen LogP contribution in [0, 0.1) is 9.49 Å². The van der Waals surface area contributed by atoms with Crippen LogP contribution in [0.5, 0.6) is 5.75 Å². The Morgan fingerprint density at radius 2 is 1.92 bits per heavy atom. The first-order valence-corrected chi connectivity index (χ1v) is 15.0. The predicted molar refractivity (Wildman–Crippen MR) is 153 cm³/mol. The highest BCUT2D eigenvalue weighted by molar-refractivity contribution is 14.1. The van der Waals surface area contributed by atoms with E-state index in [1.54, 1.807) is 6.08 Å². The summed E-state index contributed by atoms with van der Waals surface area (Å²) < 4.78 is 7.13. The van der Waals surface area contributed by atoms with E-state index < -0.39 is 18.2 Å². The number of rotatable bonds is 14. The fraction of sp³-hybridized carbons (Fsp3) is 0.655. The molecule has 8 heteroatoms. The first-order chi connectivity index (χ1) is 17.9. The Kier molecular flexibility index (Phi) is 12.7. The lowest BCUT2D eigenvalue weighted by Gasteiger charge is -2.41. The van der Waals surface area contributed by atoms with Gasteiger partial charge in [0.2, 0.25) is 11.8 Å². The van der Waals surface area contributed by atoms with Gasteiger partial charge in [0.05, 0.1) is 16.2 Å². The molecule has 2 aliphatic rings. The Morgan fingerprint density at radius 1 is 1.16 bits per heavy atom. The van der Waals surface area contributed by atoms with Crippen molar-refractivity contribution in [2.45, 2.75) is 95.8 Å². The number of carbonyl (C=O) groups excluding carboxylic acids is 2. The van der Waals surface area contributed by atoms with Crippen molar-refractivity contribution < 1.29 is 24.5 Å². The number of aliphatic hydroxyl groups is 2. The number of nitrogens with zero attached hydrogens (tertiary/aromatic N) is 1. The molecule has 0 spiro atoms. The molecular weight excluding hydrogens is 583 g/mol. The van der Waals surface area contributed by atoms with Gasteiger partial charge in [0.25, 0.3) is 0 Å². The molecule has 3 unspecified atom stereocenters. The van der Waals surface area contributed by atoms with Crippen molar-refractivity contribution in [3.8, 4) is 5.75 Å². The van der Waals surface area contributed by atoms with Gasteiger partial charge in [0, 0.05) is 31.5 Å². The monoisotopic (exact) mass is 626 g/mol. The van der Waals surface area contributed by atoms with E-state index in [2.05, 4.69) is 34.8 Å². The molecule has 7 nitrogen and oxygen atoms in total. The van der Waals surface area contributed by atoms with Crippen molar-refractivity contribution in [3.05, 3.63) is 39.5 Å². The lowest BCUT2D eigenvalue weighted by Crippen LogP contribution is -2.55. The van der Waals surface area contributed by atoms with E-state index in [4.69, 9.17) is 4.74 Å². The van der Waals surface area contributed by atoms with E-state index >= 15 is 0 Å². The number of hydrogen-bond donors (Lipinski definition) is 3. The van der Waals surface area contributed by atoms with Crippen LogP contribution in [0.15, 0.2) is 35.9 Å². The van der Waals surface area contributed by atoms with E-state index in [9.17, 15) is 19.8 Å². The highest BCUT2D eigenvalue weighted by Crippen LogP contribution is 2.32. The number of amides is 2. The van der Waals surface area contributed by atoms with Crippen LogP contribution >= 0.6 is 22.6 Å². The SMILES string of the molecule is CCCCCCN(C(=O)CCC1CCCC1)C1CC(C(=O)NCCO)=CC(Oc2ccccc2I)C1O. The minimum Gasteiger partial charge on any atom is -0.482 e. The summed E-state index contributed by atoms with van der Waals surface area (Å²) in [5.41, 5.74) is 0.474. The van der Waals surface area contributed by atoms with Gasteiger partial charge in [-0.25, -0.2) is 0 Å². The van der Waals surface area contributed by atoms with Crippen LogP contribution in [-0.4, -0.2) is 64.9 Å². The highest BCUT2D eigenvalue weighted by atomic mass is 127. The molecule has 1 aromatic carbocycles. The molecule has 1 fully saturated rings. The summed E-state index contributed by atoms with van der Waals surface area (Å²) in [7, 11) is 0. The second kappa shape index (κ2) is 15.7. The third-order valence-corrected chi connectivity index (χ3v) is 8.42. The van der Waals surface area contributed by atoms with E-state index in [0.29, 0.717) is 30.2 Å². The maximum Gasteiger partial charge on any atom is 0.247 e. The molecule has 0 radical (unpaired) electrons. The molecule has 206 valence electrons. The summed E-state index contributed by atoms with van der Waals surface area (Å²) in [6, 6.07) is 7.00. The highest BCUT2D eigenvalue weighted by Gasteiger charge is 2.40. The molecule has 0 saturated heterocycles. The molecular formula is C29H43IN2O5. The number of para-hydroxylation sites is 1. The zero-order valence-electron chi connectivity index (χ0n) is 22.0. The van der Waals surface area contributed by atoms with Crippen LogP contribution in [0.25, 0.3) is 0 Å². The van der Waals surface area contributed by atoms with Gasteiger partial charge in [-0.2, -0.15) is 0 Å². The normalized spacial score (nSPS) is 21.9. The third kappa shape index (κ3) is 8.96. The number of benzene rings is 1. The Balaban J connectivity index is 1.83. The lowest BCUT2D eigenvalue weighted by atomic mass is 9.87. The molecule has 3 rings (SSSR count). The molecule has 0 aromatic heterocycles. The average Bonchev–Trinajstić information content (AvgIpc) is 3.42. The molecule has 3 atom stereocenters. The second-order valence-electron chi connectivity index (χ2n) is 10.3. The number of carbonyl (C=O) groups is 2. The quantitative estimate of drug-likeness (QED) is 0.208. The van der Waals surface area contributed by atoms with Crippen LogP contribution in [-0.2, 0) is 9.59 Å². The first-order valence-electron chi connectivity index (χ1n) is 13.9. The van der Waals surface area contributed by atoms with E-state index in [1.807, 2.05) is 29.2 Å². The van der Waals surface area contributed by atoms with Crippen molar-refractivity contribution in [1.29, 1.82) is 0 Å². The van der Waals surface area contributed by atoms with E-state index in [-0.39, 0.29) is 31.4 Å². The number of ether oxygens (including phenoxy) is 1. The van der Waals surface area contributed by atoms with Gasteiger partial charge in [-0.05, 0) is 59.6 Å². The molecule has 37 heavy (non-hydrogen) atoms. The van der Waals surface area contributed by atoms with Gasteiger partial charge in [0.15, 0.2) is 0 Å². The van der Waals surface area contributed by atoms with E-state index in [1.165, 1.54) is 25.7 Å². The molecule has 1 saturated carbocycles. The number of hydrogen-bond acceptors (Lipinski definition) is 5. The van der Waals surface area contributed by atoms with Gasteiger partial charge in [-0.1, -0.05) is 64.0 Å². The molecule has 2 amide bonds. The standard InChI is InChI=1S/C29H43IN2O5/c1-2-3-4-9-17-32(27(34)15-14-21-10-5-6-11-21)24-19-22(29(36)31-16-18-33)20-26(28(24)35)37-25-13-8-7-12-23(25)30/h7-8,12-13,20-21,24,26,28,33,35H,2-6,9-11,14-19H2,1H3,(H,31,36). The van der Waals surface area contributed by atoms with Crippen LogP contribution in [0.4, 0.5) is 0 Å². The summed E-state index contributed by atoms with van der Waals surface area (Å²) in [5, 5.41) is 23.4. The molecule has 3 N–H and O–H groups in total. The number of aliphatic hydroxyl groups excluding tert-OH is 2. The van der Waals surface area contributed by atoms with E-state index in [0.717, 1.165) is 35.7 Å². The number of unbranched alkanes of at least 4 members (excludes halogenated alkanes) is 3. The predicted octanol–water partition coefficient (Wildman–Crippen LogP) is 4.59. The summed E-state index contributed by atoms with van der Waals surface area (Å²) in [6.45, 7) is 2.71. The minimum atomic E-state index is -0.966. The van der Waals surface area contributed by atoms with Crippen molar-refractivity contribution >= 4 is 34.4 Å². The second-order valence-corrected chi connectivity index (χ2v) is 11.4. The summed E-state index contributed by atoms with van der Waals surface area (Å²) in [5.74, 6) is 0.989. The Bertz CT molecular complexity index is 902. The molecule has 2 aliphatic carbocycles. The van der Waals surface area contributed by atoms with Crippen molar-refractivity contribution in [2.75, 3.05) is 19.7 Å². The van der Waals surface area contributed by atoms with Crippen LogP contribution in [0.3, 0.4) is 0 Å². The zero-order chi connectivity index (χ0) is 26.6. The van der Waals surface area contributed by atoms with Crippen molar-refractivity contribution in [1.82, 2.24) is 10.2 Å². The topological polar surface area (TPSA) is 99.1 Å². The van der Waals surface area contributed by atoms with Crippen molar-refractivity contribution in [3.63, 3.8) is 0 Å². The van der Waals surface area contributed by atoms with Gasteiger partial charge >= 0.3 is 0 Å². The Labute approximate surface area is 235 Å². The zero-order valence-corrected chi connectivity index (χ0v) is 24.2. The van der Waals surface area contributed by atoms with Gasteiger partial charge in [0.1, 0.15) is 18.0 Å². The smallest absolute Gasteiger partial charge is 0.247 e. The lowest BCUT2D eigenvalue weighted by molar-refractivity contribution is -0.139. The molecule has 0 aliphatic heterocycles. The maximum absolute atomic E-state index is 13.6. The fourth-order valence-corrected chi connectivity index (χ4v) is 5.94. The van der Waals surface area contributed by atoms with Crippen molar-refractivity contribution in [2.24, 2.45) is 5.92 Å².